The van der Waals surface area contributed by atoms with Gasteiger partial charge < -0.3 is 14.1 Å². The minimum atomic E-state index is -0.352. The van der Waals surface area contributed by atoms with Crippen LogP contribution in [0.5, 0.6) is 0 Å². The molecule has 0 saturated carbocycles. The first-order valence-electron chi connectivity index (χ1n) is 7.99. The third-order valence-corrected chi connectivity index (χ3v) is 4.26. The molecule has 2 radical (unpaired) electrons. The predicted molar refractivity (Wildman–Crippen MR) is 95.3 cm³/mol. The van der Waals surface area contributed by atoms with Crippen molar-refractivity contribution < 1.29 is 14.3 Å². The van der Waals surface area contributed by atoms with Gasteiger partial charge in [0.1, 0.15) is 12.4 Å². The molecule has 1 fully saturated rings. The van der Waals surface area contributed by atoms with Crippen molar-refractivity contribution in [2.24, 2.45) is 12.0 Å². The number of fused-ring (bicyclic) bond motifs is 2. The van der Waals surface area contributed by atoms with Gasteiger partial charge >= 0.3 is 19.8 Å². The summed E-state index contributed by atoms with van der Waals surface area (Å²) < 4.78 is 5.74. The molecule has 1 aromatic rings. The topological polar surface area (TPSA) is 89.3 Å². The third-order valence-electron chi connectivity index (χ3n) is 4.26. The lowest BCUT2D eigenvalue weighted by molar-refractivity contribution is -0.105. The molecule has 9 nitrogen and oxygen atoms in total. The summed E-state index contributed by atoms with van der Waals surface area (Å²) >= 11 is 0. The summed E-state index contributed by atoms with van der Waals surface area (Å²) in [5.41, 5.74) is 1.23. The third kappa shape index (κ3) is 3.27. The average Bonchev–Trinajstić information content (AvgIpc) is 2.90. The van der Waals surface area contributed by atoms with Gasteiger partial charge in [0.05, 0.1) is 25.7 Å². The number of aromatic nitrogens is 2. The molecule has 2 atom stereocenters. The zero-order valence-corrected chi connectivity index (χ0v) is 14.3. The predicted octanol–water partition coefficient (Wildman–Crippen LogP) is -0.102. The normalized spacial score (nSPS) is 22.0. The van der Waals surface area contributed by atoms with Gasteiger partial charge in [-0.15, -0.1) is 6.58 Å². The average molecular weight is 355 g/mol. The lowest BCUT2D eigenvalue weighted by Gasteiger charge is -2.28. The van der Waals surface area contributed by atoms with E-state index in [1.165, 1.54) is 15.8 Å². The Kier molecular flexibility index (Phi) is 5.22. The molecule has 2 bridgehead atoms. The Labute approximate surface area is 151 Å². The molecule has 0 unspecified atom stereocenters. The number of urea groups is 1. The van der Waals surface area contributed by atoms with Gasteiger partial charge in [-0.1, -0.05) is 12.2 Å². The quantitative estimate of drug-likeness (QED) is 0.295. The largest absolute Gasteiger partial charge is 0.560 e. The number of hydroxylamine groups is 2. The summed E-state index contributed by atoms with van der Waals surface area (Å²) in [7, 11) is 6.58. The minimum Gasteiger partial charge on any atom is -0.560 e. The van der Waals surface area contributed by atoms with E-state index in [-0.39, 0.29) is 37.0 Å². The fourth-order valence-electron chi connectivity index (χ4n) is 3.08. The molecule has 26 heavy (non-hydrogen) atoms. The van der Waals surface area contributed by atoms with E-state index in [2.05, 4.69) is 21.2 Å². The molecule has 1 aromatic heterocycles. The minimum absolute atomic E-state index is 0.207. The zero-order chi connectivity index (χ0) is 18.7. The summed E-state index contributed by atoms with van der Waals surface area (Å²) in [5.74, 6) is 0. The smallest absolute Gasteiger partial charge is 0.375 e. The number of hydrogen-bond donors (Lipinski definition) is 0. The Bertz CT molecular complexity index is 821. The summed E-state index contributed by atoms with van der Waals surface area (Å²) in [6.07, 6.45) is 7.82. The van der Waals surface area contributed by atoms with Crippen molar-refractivity contribution in [2.75, 3.05) is 19.7 Å². The van der Waals surface area contributed by atoms with E-state index < -0.39 is 0 Å². The van der Waals surface area contributed by atoms with Crippen molar-refractivity contribution in [1.29, 1.82) is 0 Å². The van der Waals surface area contributed by atoms with Crippen molar-refractivity contribution in [3.63, 3.8) is 0 Å². The van der Waals surface area contributed by atoms with Crippen LogP contribution in [0.1, 0.15) is 5.56 Å². The zero-order valence-electron chi connectivity index (χ0n) is 14.3. The fourth-order valence-corrected chi connectivity index (χ4v) is 3.08. The van der Waals surface area contributed by atoms with Gasteiger partial charge in [-0.05, 0) is 5.57 Å². The maximum Gasteiger partial charge on any atom is 0.375 e. The second-order valence-corrected chi connectivity index (χ2v) is 5.89. The highest BCUT2D eigenvalue weighted by Crippen LogP contribution is 2.35. The van der Waals surface area contributed by atoms with Crippen LogP contribution in [0.3, 0.4) is 0 Å². The standard InChI is InChI=1S/C16H18BN5O4/c1-3-4-26-22-14-9-21(16(22)24)12(7-18-10-25-17)5-13(14)11-6-19-15(23)20(2)8-11/h3,5-6,8,10,12,14H,1,4,7,9H2,2H3/t12-,14-/m0/s1. The molecule has 134 valence electrons. The second-order valence-electron chi connectivity index (χ2n) is 5.89. The van der Waals surface area contributed by atoms with Gasteiger partial charge in [-0.25, -0.2) is 14.6 Å². The Morgan fingerprint density at radius 2 is 2.31 bits per heavy atom. The van der Waals surface area contributed by atoms with Gasteiger partial charge in [-0.3, -0.25) is 9.83 Å². The van der Waals surface area contributed by atoms with E-state index in [4.69, 9.17) is 12.9 Å². The first-order valence-corrected chi connectivity index (χ1v) is 7.99. The van der Waals surface area contributed by atoms with E-state index in [9.17, 15) is 9.59 Å². The molecule has 2 aliphatic heterocycles. The van der Waals surface area contributed by atoms with E-state index >= 15 is 0 Å². The lowest BCUT2D eigenvalue weighted by Crippen LogP contribution is -2.40. The molecular formula is C16H18BN5O4. The first kappa shape index (κ1) is 17.9. The molecule has 2 amide bonds. The molecule has 3 rings (SSSR count). The van der Waals surface area contributed by atoms with Crippen LogP contribution in [0.25, 0.3) is 5.57 Å². The number of nitrogens with zero attached hydrogens (tertiary/aromatic N) is 5. The molecule has 0 aliphatic carbocycles. The lowest BCUT2D eigenvalue weighted by atomic mass is 9.95. The van der Waals surface area contributed by atoms with Gasteiger partial charge in [0.25, 0.3) is 0 Å². The van der Waals surface area contributed by atoms with E-state index in [0.29, 0.717) is 6.54 Å². The summed E-state index contributed by atoms with van der Waals surface area (Å²) in [4.78, 5) is 39.5. The Hall–Kier alpha value is -2.88. The maximum absolute atomic E-state index is 12.7. The van der Waals surface area contributed by atoms with Crippen LogP contribution >= 0.6 is 0 Å². The molecule has 10 heteroatoms. The SMILES string of the molecule is [B]OC=NC[C@@H]1C=C(c2cnc(=O)n(C)c2)[C@@H]2CN1C(=O)N2OCC=C. The Balaban J connectivity index is 1.98. The number of carbonyl (C=O) groups is 1. The van der Waals surface area contributed by atoms with Crippen molar-refractivity contribution >= 4 is 26.1 Å². The fraction of sp³-hybridized carbons (Fsp3) is 0.375. The van der Waals surface area contributed by atoms with Gasteiger partial charge in [0.2, 0.25) is 0 Å². The molecule has 0 spiro atoms. The first-order chi connectivity index (χ1) is 12.6. The molecule has 1 saturated heterocycles. The van der Waals surface area contributed by atoms with Crippen molar-refractivity contribution in [2.45, 2.75) is 12.1 Å². The number of aryl methyl sites for hydroxylation is 1. The number of carbonyl (C=O) groups excluding carboxylic acids is 1. The second kappa shape index (κ2) is 7.57. The Morgan fingerprint density at radius 3 is 3.00 bits per heavy atom. The monoisotopic (exact) mass is 355 g/mol. The van der Waals surface area contributed by atoms with Gasteiger partial charge in [0.15, 0.2) is 0 Å². The van der Waals surface area contributed by atoms with Crippen molar-refractivity contribution in [1.82, 2.24) is 19.5 Å². The van der Waals surface area contributed by atoms with Gasteiger partial charge in [-0.2, -0.15) is 5.06 Å². The number of rotatable bonds is 7. The molecule has 0 N–H and O–H groups in total. The highest BCUT2D eigenvalue weighted by molar-refractivity contribution is 6.02. The molecule has 0 aromatic carbocycles. The number of amides is 2. The maximum atomic E-state index is 12.7. The molecular weight excluding hydrogens is 337 g/mol. The van der Waals surface area contributed by atoms with Crippen LogP contribution in [0.2, 0.25) is 0 Å². The van der Waals surface area contributed by atoms with Crippen LogP contribution in [-0.2, 0) is 16.5 Å². The summed E-state index contributed by atoms with van der Waals surface area (Å²) in [6, 6.07) is -0.864. The van der Waals surface area contributed by atoms with E-state index in [0.717, 1.165) is 17.5 Å². The van der Waals surface area contributed by atoms with Crippen LogP contribution in [0.15, 0.2) is 40.9 Å². The number of aliphatic imine (C=N–C) groups is 1. The summed E-state index contributed by atoms with van der Waals surface area (Å²) in [5, 5.41) is 1.34. The van der Waals surface area contributed by atoms with Crippen LogP contribution < -0.4 is 5.69 Å². The highest BCUT2D eigenvalue weighted by Gasteiger charge is 2.46. The Morgan fingerprint density at radius 1 is 1.50 bits per heavy atom. The van der Waals surface area contributed by atoms with Crippen LogP contribution in [0, 0.1) is 0 Å². The molecule has 3 heterocycles. The number of hydrogen-bond acceptors (Lipinski definition) is 6. The van der Waals surface area contributed by atoms with Crippen LogP contribution in [-0.4, -0.2) is 71.8 Å². The van der Waals surface area contributed by atoms with E-state index in [1.807, 2.05) is 6.08 Å². The van der Waals surface area contributed by atoms with Crippen molar-refractivity contribution in [3.8, 4) is 0 Å². The highest BCUT2D eigenvalue weighted by atomic mass is 16.7. The molecule has 2 aliphatic rings. The van der Waals surface area contributed by atoms with Gasteiger partial charge in [0, 0.05) is 25.0 Å². The van der Waals surface area contributed by atoms with E-state index in [1.54, 1.807) is 24.2 Å². The van der Waals surface area contributed by atoms with Crippen LogP contribution in [0.4, 0.5) is 4.79 Å². The summed E-state index contributed by atoms with van der Waals surface area (Å²) in [6.45, 7) is 4.54. The van der Waals surface area contributed by atoms with Crippen molar-refractivity contribution in [3.05, 3.63) is 47.2 Å².